The zero-order valence-electron chi connectivity index (χ0n) is 15.2. The molecule has 3 aromatic rings. The van der Waals surface area contributed by atoms with E-state index in [4.69, 9.17) is 0 Å². The van der Waals surface area contributed by atoms with Gasteiger partial charge in [0.25, 0.3) is 0 Å². The highest BCUT2D eigenvalue weighted by Gasteiger charge is 2.15. The molecule has 1 heterocycles. The van der Waals surface area contributed by atoms with E-state index >= 15 is 0 Å². The zero-order valence-corrected chi connectivity index (χ0v) is 16.0. The molecule has 6 heteroatoms. The highest BCUT2D eigenvalue weighted by Crippen LogP contribution is 2.24. The summed E-state index contributed by atoms with van der Waals surface area (Å²) in [7, 11) is 0. The van der Waals surface area contributed by atoms with Gasteiger partial charge in [-0.15, -0.1) is 16.8 Å². The molecule has 1 amide bonds. The highest BCUT2D eigenvalue weighted by molar-refractivity contribution is 7.99. The molecule has 3 rings (SSSR count). The van der Waals surface area contributed by atoms with Crippen molar-refractivity contribution in [1.29, 1.82) is 0 Å². The van der Waals surface area contributed by atoms with Crippen molar-refractivity contribution < 1.29 is 4.79 Å². The van der Waals surface area contributed by atoms with Crippen LogP contribution >= 0.6 is 11.8 Å². The van der Waals surface area contributed by atoms with Crippen LogP contribution in [0.1, 0.15) is 18.5 Å². The predicted molar refractivity (Wildman–Crippen MR) is 109 cm³/mol. The molecule has 0 aliphatic heterocycles. The Balaban J connectivity index is 1.66. The molecule has 5 nitrogen and oxygen atoms in total. The molecule has 138 valence electrons. The van der Waals surface area contributed by atoms with Gasteiger partial charge in [-0.2, -0.15) is 0 Å². The smallest absolute Gasteiger partial charge is 0.230 e. The fourth-order valence-electron chi connectivity index (χ4n) is 2.73. The summed E-state index contributed by atoms with van der Waals surface area (Å²) in [6.07, 6.45) is 1.80. The second-order valence-electron chi connectivity index (χ2n) is 6.06. The standard InChI is InChI=1S/C21H22N4OS/c1-3-14-25-20(18-12-8-5-9-13-18)23-24-21(25)27-15-19(26)22-16(2)17-10-6-4-7-11-17/h3-13,16H,1,14-15H2,2H3,(H,22,26)/t16-/m1/s1. The summed E-state index contributed by atoms with van der Waals surface area (Å²) in [4.78, 5) is 12.3. The first kappa shape index (κ1) is 18.9. The molecule has 0 saturated carbocycles. The quantitative estimate of drug-likeness (QED) is 0.474. The Hall–Kier alpha value is -2.86. The third kappa shape index (κ3) is 4.86. The van der Waals surface area contributed by atoms with Crippen molar-refractivity contribution in [3.63, 3.8) is 0 Å². The molecule has 0 spiro atoms. The minimum Gasteiger partial charge on any atom is -0.349 e. The maximum atomic E-state index is 12.3. The molecule has 0 aliphatic carbocycles. The maximum absolute atomic E-state index is 12.3. The van der Waals surface area contributed by atoms with Crippen LogP contribution in [0.3, 0.4) is 0 Å². The average Bonchev–Trinajstić information content (AvgIpc) is 3.10. The summed E-state index contributed by atoms with van der Waals surface area (Å²) in [6, 6.07) is 19.8. The normalized spacial score (nSPS) is 11.7. The summed E-state index contributed by atoms with van der Waals surface area (Å²) in [6.45, 7) is 6.38. The van der Waals surface area contributed by atoms with Gasteiger partial charge in [-0.3, -0.25) is 9.36 Å². The van der Waals surface area contributed by atoms with Crippen LogP contribution in [0.15, 0.2) is 78.5 Å². The van der Waals surface area contributed by atoms with Crippen LogP contribution in [0.5, 0.6) is 0 Å². The molecule has 0 fully saturated rings. The number of hydrogen-bond donors (Lipinski definition) is 1. The van der Waals surface area contributed by atoms with Crippen LogP contribution in [0.25, 0.3) is 11.4 Å². The number of benzene rings is 2. The number of carbonyl (C=O) groups is 1. The molecule has 0 saturated heterocycles. The summed E-state index contributed by atoms with van der Waals surface area (Å²) in [5.41, 5.74) is 2.07. The van der Waals surface area contributed by atoms with E-state index in [0.29, 0.717) is 11.7 Å². The van der Waals surface area contributed by atoms with Crippen molar-refractivity contribution in [3.8, 4) is 11.4 Å². The Morgan fingerprint density at radius 3 is 2.48 bits per heavy atom. The van der Waals surface area contributed by atoms with E-state index in [1.807, 2.05) is 72.2 Å². The molecule has 27 heavy (non-hydrogen) atoms. The van der Waals surface area contributed by atoms with E-state index in [9.17, 15) is 4.79 Å². The topological polar surface area (TPSA) is 59.8 Å². The van der Waals surface area contributed by atoms with Crippen LogP contribution in [-0.2, 0) is 11.3 Å². The molecule has 1 N–H and O–H groups in total. The Morgan fingerprint density at radius 1 is 1.15 bits per heavy atom. The zero-order chi connectivity index (χ0) is 19.1. The molecule has 2 aromatic carbocycles. The van der Waals surface area contributed by atoms with Gasteiger partial charge in [0.1, 0.15) is 0 Å². The number of nitrogens with one attached hydrogen (secondary N) is 1. The monoisotopic (exact) mass is 378 g/mol. The van der Waals surface area contributed by atoms with Crippen LogP contribution in [-0.4, -0.2) is 26.4 Å². The largest absolute Gasteiger partial charge is 0.349 e. The van der Waals surface area contributed by atoms with E-state index in [2.05, 4.69) is 22.1 Å². The van der Waals surface area contributed by atoms with Crippen molar-refractivity contribution in [3.05, 3.63) is 78.9 Å². The number of carbonyl (C=O) groups excluding carboxylic acids is 1. The van der Waals surface area contributed by atoms with E-state index in [1.165, 1.54) is 11.8 Å². The Kier molecular flexibility index (Phi) is 6.44. The number of nitrogens with zero attached hydrogens (tertiary/aromatic N) is 3. The minimum atomic E-state index is -0.0368. The van der Waals surface area contributed by atoms with Crippen molar-refractivity contribution in [1.82, 2.24) is 20.1 Å². The van der Waals surface area contributed by atoms with Gasteiger partial charge in [0, 0.05) is 12.1 Å². The van der Waals surface area contributed by atoms with E-state index in [-0.39, 0.29) is 17.7 Å². The summed E-state index contributed by atoms with van der Waals surface area (Å²) in [5, 5.41) is 12.3. The Morgan fingerprint density at radius 2 is 1.81 bits per heavy atom. The molecule has 0 bridgehead atoms. The molecular formula is C21H22N4OS. The fraction of sp³-hybridized carbons (Fsp3) is 0.190. The van der Waals surface area contributed by atoms with Gasteiger partial charge in [0.15, 0.2) is 11.0 Å². The maximum Gasteiger partial charge on any atom is 0.230 e. The number of aromatic nitrogens is 3. The molecule has 0 aliphatic rings. The molecule has 1 aromatic heterocycles. The van der Waals surface area contributed by atoms with E-state index in [1.54, 1.807) is 6.08 Å². The number of hydrogen-bond acceptors (Lipinski definition) is 4. The average molecular weight is 379 g/mol. The first-order chi connectivity index (χ1) is 13.2. The van der Waals surface area contributed by atoms with Gasteiger partial charge in [-0.1, -0.05) is 78.5 Å². The Bertz CT molecular complexity index is 893. The van der Waals surface area contributed by atoms with Crippen molar-refractivity contribution in [2.75, 3.05) is 5.75 Å². The van der Waals surface area contributed by atoms with Crippen LogP contribution < -0.4 is 5.32 Å². The molecule has 0 radical (unpaired) electrons. The van der Waals surface area contributed by atoms with Crippen LogP contribution in [0, 0.1) is 0 Å². The first-order valence-electron chi connectivity index (χ1n) is 8.75. The highest BCUT2D eigenvalue weighted by atomic mass is 32.2. The lowest BCUT2D eigenvalue weighted by Crippen LogP contribution is -2.28. The lowest BCUT2D eigenvalue weighted by Gasteiger charge is -2.14. The van der Waals surface area contributed by atoms with Gasteiger partial charge in [-0.25, -0.2) is 0 Å². The summed E-state index contributed by atoms with van der Waals surface area (Å²) < 4.78 is 1.97. The fourth-order valence-corrected chi connectivity index (χ4v) is 3.49. The predicted octanol–water partition coefficient (Wildman–Crippen LogP) is 4.10. The number of amides is 1. The molecular weight excluding hydrogens is 356 g/mol. The van der Waals surface area contributed by atoms with Gasteiger partial charge in [0.2, 0.25) is 5.91 Å². The third-order valence-corrected chi connectivity index (χ3v) is 5.04. The summed E-state index contributed by atoms with van der Waals surface area (Å²) in [5.74, 6) is 1.02. The second-order valence-corrected chi connectivity index (χ2v) is 7.00. The van der Waals surface area contributed by atoms with Gasteiger partial charge in [-0.05, 0) is 12.5 Å². The number of allylic oxidation sites excluding steroid dienone is 1. The minimum absolute atomic E-state index is 0.0363. The second kappa shape index (κ2) is 9.19. The number of rotatable bonds is 8. The van der Waals surface area contributed by atoms with Crippen molar-refractivity contribution in [2.24, 2.45) is 0 Å². The third-order valence-electron chi connectivity index (χ3n) is 4.07. The molecule has 0 unspecified atom stereocenters. The van der Waals surface area contributed by atoms with E-state index in [0.717, 1.165) is 17.0 Å². The lowest BCUT2D eigenvalue weighted by atomic mass is 10.1. The van der Waals surface area contributed by atoms with Crippen molar-refractivity contribution >= 4 is 17.7 Å². The van der Waals surface area contributed by atoms with Crippen LogP contribution in [0.2, 0.25) is 0 Å². The lowest BCUT2D eigenvalue weighted by molar-refractivity contribution is -0.119. The van der Waals surface area contributed by atoms with Gasteiger partial charge in [0.05, 0.1) is 11.8 Å². The van der Waals surface area contributed by atoms with Crippen molar-refractivity contribution in [2.45, 2.75) is 24.7 Å². The number of thioether (sulfide) groups is 1. The Labute approximate surface area is 163 Å². The SMILES string of the molecule is C=CCn1c(SCC(=O)N[C@H](C)c2ccccc2)nnc1-c1ccccc1. The van der Waals surface area contributed by atoms with Crippen LogP contribution in [0.4, 0.5) is 0 Å². The van der Waals surface area contributed by atoms with Gasteiger partial charge < -0.3 is 5.32 Å². The molecule has 1 atom stereocenters. The van der Waals surface area contributed by atoms with Gasteiger partial charge >= 0.3 is 0 Å². The summed E-state index contributed by atoms with van der Waals surface area (Å²) >= 11 is 1.38. The van der Waals surface area contributed by atoms with E-state index < -0.39 is 0 Å². The first-order valence-corrected chi connectivity index (χ1v) is 9.74.